The van der Waals surface area contributed by atoms with E-state index < -0.39 is 5.91 Å². The van der Waals surface area contributed by atoms with E-state index in [-0.39, 0.29) is 17.2 Å². The summed E-state index contributed by atoms with van der Waals surface area (Å²) in [5.41, 5.74) is 1.33. The van der Waals surface area contributed by atoms with Gasteiger partial charge >= 0.3 is 0 Å². The number of amides is 2. The number of phenols is 1. The number of aromatic hydroxyl groups is 1. The fourth-order valence-electron chi connectivity index (χ4n) is 1.87. The van der Waals surface area contributed by atoms with Crippen LogP contribution in [0, 0.1) is 0 Å². The van der Waals surface area contributed by atoms with Crippen molar-refractivity contribution in [3.63, 3.8) is 0 Å². The van der Waals surface area contributed by atoms with Gasteiger partial charge in [-0.05, 0) is 36.4 Å². The quantitative estimate of drug-likeness (QED) is 0.810. The average molecular weight is 300 g/mol. The summed E-state index contributed by atoms with van der Waals surface area (Å²) >= 11 is 0. The lowest BCUT2D eigenvalue weighted by Gasteiger charge is -2.09. The molecule has 0 aliphatic heterocycles. The lowest BCUT2D eigenvalue weighted by atomic mass is 10.1. The molecule has 3 N–H and O–H groups in total. The van der Waals surface area contributed by atoms with E-state index in [2.05, 4.69) is 10.6 Å². The highest BCUT2D eigenvalue weighted by molar-refractivity contribution is 6.06. The van der Waals surface area contributed by atoms with Crippen molar-refractivity contribution in [2.24, 2.45) is 0 Å². The summed E-state index contributed by atoms with van der Waals surface area (Å²) in [6, 6.07) is 11.1. The van der Waals surface area contributed by atoms with Crippen molar-refractivity contribution in [2.75, 3.05) is 17.7 Å². The van der Waals surface area contributed by atoms with Gasteiger partial charge in [-0.25, -0.2) is 0 Å². The Kier molecular flexibility index (Phi) is 4.63. The van der Waals surface area contributed by atoms with Crippen molar-refractivity contribution in [2.45, 2.75) is 6.92 Å². The van der Waals surface area contributed by atoms with Gasteiger partial charge in [-0.1, -0.05) is 0 Å². The maximum atomic E-state index is 12.1. The van der Waals surface area contributed by atoms with Crippen LogP contribution in [-0.4, -0.2) is 24.0 Å². The van der Waals surface area contributed by atoms with Crippen molar-refractivity contribution >= 4 is 23.2 Å². The molecule has 0 aromatic heterocycles. The highest BCUT2D eigenvalue weighted by Crippen LogP contribution is 2.24. The van der Waals surface area contributed by atoms with E-state index in [0.29, 0.717) is 17.1 Å². The van der Waals surface area contributed by atoms with E-state index in [4.69, 9.17) is 4.74 Å². The van der Waals surface area contributed by atoms with Crippen LogP contribution in [0.4, 0.5) is 11.4 Å². The van der Waals surface area contributed by atoms with Gasteiger partial charge < -0.3 is 20.5 Å². The van der Waals surface area contributed by atoms with Crippen LogP contribution in [0.3, 0.4) is 0 Å². The zero-order valence-electron chi connectivity index (χ0n) is 12.2. The largest absolute Gasteiger partial charge is 0.507 e. The van der Waals surface area contributed by atoms with Crippen LogP contribution in [0.5, 0.6) is 11.5 Å². The number of carbonyl (C=O) groups is 2. The number of carbonyl (C=O) groups excluding carboxylic acids is 2. The van der Waals surface area contributed by atoms with Gasteiger partial charge in [0.15, 0.2) is 0 Å². The molecule has 114 valence electrons. The summed E-state index contributed by atoms with van der Waals surface area (Å²) in [7, 11) is 1.48. The molecule has 0 fully saturated rings. The minimum atomic E-state index is -0.438. The molecule has 0 saturated heterocycles. The van der Waals surface area contributed by atoms with Crippen LogP contribution in [0.2, 0.25) is 0 Å². The number of anilines is 2. The normalized spacial score (nSPS) is 9.91. The Morgan fingerprint density at radius 2 is 1.59 bits per heavy atom. The highest BCUT2D eigenvalue weighted by atomic mass is 16.5. The topological polar surface area (TPSA) is 87.7 Å². The number of rotatable bonds is 4. The Morgan fingerprint density at radius 1 is 1.00 bits per heavy atom. The van der Waals surface area contributed by atoms with E-state index in [1.54, 1.807) is 30.3 Å². The third-order valence-corrected chi connectivity index (χ3v) is 2.91. The Morgan fingerprint density at radius 3 is 2.09 bits per heavy atom. The van der Waals surface area contributed by atoms with E-state index >= 15 is 0 Å². The predicted molar refractivity (Wildman–Crippen MR) is 83.4 cm³/mol. The molecular formula is C16H16N2O4. The smallest absolute Gasteiger partial charge is 0.259 e. The van der Waals surface area contributed by atoms with E-state index in [1.807, 2.05) is 0 Å². The lowest BCUT2D eigenvalue weighted by molar-refractivity contribution is -0.114. The van der Waals surface area contributed by atoms with Gasteiger partial charge in [0.1, 0.15) is 11.5 Å². The number of hydrogen-bond acceptors (Lipinski definition) is 4. The molecule has 0 heterocycles. The Bertz CT molecular complexity index is 696. The zero-order chi connectivity index (χ0) is 16.1. The second-order valence-corrected chi connectivity index (χ2v) is 4.60. The summed E-state index contributed by atoms with van der Waals surface area (Å²) in [6.07, 6.45) is 0. The van der Waals surface area contributed by atoms with Crippen molar-refractivity contribution in [3.8, 4) is 11.5 Å². The van der Waals surface area contributed by atoms with Gasteiger partial charge in [0, 0.05) is 24.4 Å². The first-order valence-electron chi connectivity index (χ1n) is 6.55. The fraction of sp³-hybridized carbons (Fsp3) is 0.125. The molecule has 0 aliphatic rings. The number of phenolic OH excluding ortho intramolecular Hbond substituents is 1. The lowest BCUT2D eigenvalue weighted by Crippen LogP contribution is -2.12. The Labute approximate surface area is 127 Å². The van der Waals surface area contributed by atoms with Crippen LogP contribution in [0.15, 0.2) is 42.5 Å². The minimum absolute atomic E-state index is 0.145. The molecule has 6 nitrogen and oxygen atoms in total. The fourth-order valence-corrected chi connectivity index (χ4v) is 1.87. The second-order valence-electron chi connectivity index (χ2n) is 4.60. The zero-order valence-corrected chi connectivity index (χ0v) is 12.2. The van der Waals surface area contributed by atoms with Gasteiger partial charge in [0.25, 0.3) is 5.91 Å². The molecule has 0 bridgehead atoms. The molecule has 0 unspecified atom stereocenters. The molecule has 0 atom stereocenters. The Hall–Kier alpha value is -3.02. The summed E-state index contributed by atoms with van der Waals surface area (Å²) in [5.74, 6) is -0.298. The summed E-state index contributed by atoms with van der Waals surface area (Å²) in [4.78, 5) is 23.0. The number of nitrogens with one attached hydrogen (secondary N) is 2. The number of benzene rings is 2. The van der Waals surface area contributed by atoms with E-state index in [1.165, 1.54) is 26.2 Å². The van der Waals surface area contributed by atoms with Crippen molar-refractivity contribution < 1.29 is 19.4 Å². The van der Waals surface area contributed by atoms with E-state index in [0.717, 1.165) is 0 Å². The summed E-state index contributed by atoms with van der Waals surface area (Å²) < 4.78 is 4.97. The van der Waals surface area contributed by atoms with Crippen LogP contribution in [0.25, 0.3) is 0 Å². The SMILES string of the molecule is COc1ccc(C(=O)Nc2ccc(NC(C)=O)cc2)c(O)c1. The van der Waals surface area contributed by atoms with Crippen molar-refractivity contribution in [1.29, 1.82) is 0 Å². The van der Waals surface area contributed by atoms with Crippen molar-refractivity contribution in [1.82, 2.24) is 0 Å². The first-order valence-corrected chi connectivity index (χ1v) is 6.55. The van der Waals surface area contributed by atoms with Crippen LogP contribution in [-0.2, 0) is 4.79 Å². The summed E-state index contributed by atoms with van der Waals surface area (Å²) in [5, 5.41) is 15.1. The van der Waals surface area contributed by atoms with Gasteiger partial charge in [0.05, 0.1) is 12.7 Å². The molecule has 2 aromatic carbocycles. The second kappa shape index (κ2) is 6.62. The number of ether oxygens (including phenoxy) is 1. The third kappa shape index (κ3) is 3.76. The molecule has 6 heteroatoms. The molecule has 0 spiro atoms. The molecule has 2 aromatic rings. The van der Waals surface area contributed by atoms with E-state index in [9.17, 15) is 14.7 Å². The maximum Gasteiger partial charge on any atom is 0.259 e. The van der Waals surface area contributed by atoms with Gasteiger partial charge in [0.2, 0.25) is 5.91 Å². The minimum Gasteiger partial charge on any atom is -0.507 e. The van der Waals surface area contributed by atoms with Gasteiger partial charge in [-0.2, -0.15) is 0 Å². The first kappa shape index (κ1) is 15.4. The van der Waals surface area contributed by atoms with Gasteiger partial charge in [-0.15, -0.1) is 0 Å². The van der Waals surface area contributed by atoms with Crippen LogP contribution >= 0.6 is 0 Å². The maximum absolute atomic E-state index is 12.1. The number of hydrogen-bond donors (Lipinski definition) is 3. The average Bonchev–Trinajstić information content (AvgIpc) is 2.48. The molecule has 0 radical (unpaired) electrons. The molecule has 22 heavy (non-hydrogen) atoms. The third-order valence-electron chi connectivity index (χ3n) is 2.91. The predicted octanol–water partition coefficient (Wildman–Crippen LogP) is 2.61. The highest BCUT2D eigenvalue weighted by Gasteiger charge is 2.12. The van der Waals surface area contributed by atoms with Crippen LogP contribution < -0.4 is 15.4 Å². The summed E-state index contributed by atoms with van der Waals surface area (Å²) in [6.45, 7) is 1.42. The molecular weight excluding hydrogens is 284 g/mol. The molecule has 2 amide bonds. The molecule has 0 saturated carbocycles. The molecule has 0 aliphatic carbocycles. The first-order chi connectivity index (χ1) is 10.5. The Balaban J connectivity index is 2.10. The molecule has 2 rings (SSSR count). The van der Waals surface area contributed by atoms with Crippen LogP contribution in [0.1, 0.15) is 17.3 Å². The van der Waals surface area contributed by atoms with Gasteiger partial charge in [-0.3, -0.25) is 9.59 Å². The number of methoxy groups -OCH3 is 1. The van der Waals surface area contributed by atoms with Crippen molar-refractivity contribution in [3.05, 3.63) is 48.0 Å². The standard InChI is InChI=1S/C16H16N2O4/c1-10(19)17-11-3-5-12(6-4-11)18-16(21)14-8-7-13(22-2)9-15(14)20/h3-9,20H,1-2H3,(H,17,19)(H,18,21). The monoisotopic (exact) mass is 300 g/mol.